The van der Waals surface area contributed by atoms with Gasteiger partial charge in [0.05, 0.1) is 14.8 Å². The highest BCUT2D eigenvalue weighted by molar-refractivity contribution is 6.30. The maximum absolute atomic E-state index is 12.1. The summed E-state index contributed by atoms with van der Waals surface area (Å²) in [6.45, 7) is -2.18. The molecule has 1 aromatic carbocycles. The number of methoxy groups -OCH3 is 1. The van der Waals surface area contributed by atoms with E-state index in [9.17, 15) is 4.79 Å². The molecule has 0 amide bonds. The Labute approximate surface area is 113 Å². The van der Waals surface area contributed by atoms with Gasteiger partial charge < -0.3 is 4.74 Å². The van der Waals surface area contributed by atoms with Gasteiger partial charge in [0.15, 0.2) is 0 Å². The van der Waals surface area contributed by atoms with E-state index in [0.717, 1.165) is 23.9 Å². The van der Waals surface area contributed by atoms with Gasteiger partial charge in [0, 0.05) is 30.1 Å². The summed E-state index contributed by atoms with van der Waals surface area (Å²) >= 11 is 5.73. The highest BCUT2D eigenvalue weighted by Crippen LogP contribution is 2.12. The predicted octanol–water partition coefficient (Wildman–Crippen LogP) is 2.64. The number of rotatable bonds is 3. The Morgan fingerprint density at radius 2 is 2.12 bits per heavy atom. The molecule has 1 heterocycles. The number of pyridine rings is 1. The number of hydrogen-bond acceptors (Lipinski definition) is 2. The van der Waals surface area contributed by atoms with Gasteiger partial charge in [0.1, 0.15) is 0 Å². The summed E-state index contributed by atoms with van der Waals surface area (Å²) in [6.07, 6.45) is 1.09. The highest BCUT2D eigenvalue weighted by Gasteiger charge is 2.01. The molecule has 88 valence electrons. The summed E-state index contributed by atoms with van der Waals surface area (Å²) in [5.74, 6) is 0. The molecule has 0 saturated carbocycles. The molecular formula is C13H12ClNO2. The van der Waals surface area contributed by atoms with Crippen LogP contribution < -0.4 is 5.56 Å². The van der Waals surface area contributed by atoms with E-state index < -0.39 is 36.3 Å². The first-order chi connectivity index (χ1) is 10.6. The van der Waals surface area contributed by atoms with E-state index in [-0.39, 0.29) is 16.3 Å². The largest absolute Gasteiger partial charge is 0.380 e. The third kappa shape index (κ3) is 2.75. The molecule has 0 saturated heterocycles. The van der Waals surface area contributed by atoms with Crippen molar-refractivity contribution < 1.29 is 13.0 Å². The number of benzene rings is 1. The molecule has 0 radical (unpaired) electrons. The Morgan fingerprint density at radius 1 is 1.41 bits per heavy atom. The van der Waals surface area contributed by atoms with Gasteiger partial charge >= 0.3 is 0 Å². The lowest BCUT2D eigenvalue weighted by Gasteiger charge is -2.07. The Balaban J connectivity index is 2.83. The second kappa shape index (κ2) is 5.17. The molecule has 4 heteroatoms. The van der Waals surface area contributed by atoms with E-state index >= 15 is 0 Å². The molecule has 0 aliphatic carbocycles. The molecule has 0 atom stereocenters. The van der Waals surface area contributed by atoms with Crippen LogP contribution in [0, 0.1) is 0 Å². The molecule has 0 unspecified atom stereocenters. The Morgan fingerprint density at radius 3 is 2.76 bits per heavy atom. The number of halogens is 1. The molecule has 0 N–H and O–H groups in total. The molecule has 2 aromatic rings. The van der Waals surface area contributed by atoms with Gasteiger partial charge in [-0.2, -0.15) is 0 Å². The average Bonchev–Trinajstić information content (AvgIpc) is 2.52. The second-order valence-electron chi connectivity index (χ2n) is 3.09. The molecule has 0 spiro atoms. The molecule has 0 aliphatic rings. The zero-order valence-electron chi connectivity index (χ0n) is 14.9. The molecule has 17 heavy (non-hydrogen) atoms. The fourth-order valence-corrected chi connectivity index (χ4v) is 1.35. The van der Waals surface area contributed by atoms with Crippen LogP contribution >= 0.6 is 11.6 Å². The van der Waals surface area contributed by atoms with Crippen LogP contribution in [-0.2, 0) is 11.3 Å². The lowest BCUT2D eigenvalue weighted by Crippen LogP contribution is -2.17. The molecule has 0 fully saturated rings. The van der Waals surface area contributed by atoms with Gasteiger partial charge in [-0.15, -0.1) is 0 Å². The van der Waals surface area contributed by atoms with Crippen molar-refractivity contribution in [3.63, 3.8) is 0 Å². The van der Waals surface area contributed by atoms with Crippen LogP contribution in [0.25, 0.3) is 5.69 Å². The van der Waals surface area contributed by atoms with Gasteiger partial charge in [-0.1, -0.05) is 11.6 Å². The number of ether oxygens (including phenoxy) is 1. The molecule has 1 aromatic heterocycles. The summed E-state index contributed by atoms with van der Waals surface area (Å²) in [4.78, 5) is 12.1. The zero-order valence-corrected chi connectivity index (χ0v) is 9.63. The van der Waals surface area contributed by atoms with Crippen LogP contribution in [-0.4, -0.2) is 11.7 Å². The van der Waals surface area contributed by atoms with Crippen molar-refractivity contribution in [3.8, 4) is 5.69 Å². The van der Waals surface area contributed by atoms with Crippen molar-refractivity contribution in [2.75, 3.05) is 7.11 Å². The van der Waals surface area contributed by atoms with Crippen LogP contribution in [0.15, 0.2) is 47.3 Å². The standard InChI is InChI=1S/C13H12ClNO2/c1-17-9-10-2-7-13(16)15(8-10)12-5-3-11(14)4-6-12/h2-8H,9H2,1H3/i3D,4D,5D,6D,9D2. The van der Waals surface area contributed by atoms with Crippen molar-refractivity contribution in [1.29, 1.82) is 0 Å². The van der Waals surface area contributed by atoms with Crippen molar-refractivity contribution >= 4 is 11.6 Å². The molecule has 3 nitrogen and oxygen atoms in total. The quantitative estimate of drug-likeness (QED) is 0.844. The lowest BCUT2D eigenvalue weighted by atomic mass is 10.2. The van der Waals surface area contributed by atoms with Gasteiger partial charge in [-0.3, -0.25) is 9.36 Å². The average molecular weight is 256 g/mol. The summed E-state index contributed by atoms with van der Waals surface area (Å²) in [5.41, 5.74) is -0.946. The topological polar surface area (TPSA) is 31.2 Å². The minimum absolute atomic E-state index is 0.00795. The third-order valence-electron chi connectivity index (χ3n) is 1.95. The number of nitrogens with zero attached hydrogens (tertiary/aromatic N) is 1. The number of aromatic nitrogens is 1. The molecule has 0 bridgehead atoms. The van der Waals surface area contributed by atoms with Gasteiger partial charge in [0.25, 0.3) is 5.56 Å². The van der Waals surface area contributed by atoms with Gasteiger partial charge in [0.2, 0.25) is 0 Å². The van der Waals surface area contributed by atoms with Gasteiger partial charge in [-0.25, -0.2) is 0 Å². The van der Waals surface area contributed by atoms with Gasteiger partial charge in [-0.05, 0) is 35.8 Å². The van der Waals surface area contributed by atoms with Crippen LogP contribution in [0.2, 0.25) is 5.02 Å². The highest BCUT2D eigenvalue weighted by atomic mass is 35.5. The fraction of sp³-hybridized carbons (Fsp3) is 0.154. The molecular weight excluding hydrogens is 238 g/mol. The maximum atomic E-state index is 12.1. The monoisotopic (exact) mass is 255 g/mol. The van der Waals surface area contributed by atoms with E-state index in [1.54, 1.807) is 0 Å². The summed E-state index contributed by atoms with van der Waals surface area (Å²) in [6, 6.07) is 0.354. The summed E-state index contributed by atoms with van der Waals surface area (Å²) in [7, 11) is 1.16. The molecule has 2 rings (SSSR count). The van der Waals surface area contributed by atoms with Crippen molar-refractivity contribution in [2.24, 2.45) is 0 Å². The lowest BCUT2D eigenvalue weighted by molar-refractivity contribution is 0.184. The Bertz CT molecular complexity index is 807. The summed E-state index contributed by atoms with van der Waals surface area (Å²) < 4.78 is 52.3. The van der Waals surface area contributed by atoms with E-state index in [1.165, 1.54) is 6.07 Å². The summed E-state index contributed by atoms with van der Waals surface area (Å²) in [5, 5.41) is -0.347. The first-order valence-electron chi connectivity index (χ1n) is 7.66. The van der Waals surface area contributed by atoms with Crippen LogP contribution in [0.4, 0.5) is 0 Å². The smallest absolute Gasteiger partial charge is 0.255 e. The van der Waals surface area contributed by atoms with E-state index in [1.807, 2.05) is 0 Å². The van der Waals surface area contributed by atoms with Crippen LogP contribution in [0.1, 0.15) is 13.8 Å². The first-order valence-corrected chi connectivity index (χ1v) is 5.04. The normalized spacial score (nSPS) is 16.4. The second-order valence-corrected chi connectivity index (χ2v) is 3.47. The number of hydrogen-bond donors (Lipinski definition) is 0. The minimum atomic E-state index is -2.18. The van der Waals surface area contributed by atoms with Crippen molar-refractivity contribution in [3.05, 3.63) is 63.4 Å². The predicted molar refractivity (Wildman–Crippen MR) is 67.8 cm³/mol. The van der Waals surface area contributed by atoms with Crippen LogP contribution in [0.3, 0.4) is 0 Å². The maximum Gasteiger partial charge on any atom is 0.255 e. The molecule has 0 aliphatic heterocycles. The van der Waals surface area contributed by atoms with Crippen LogP contribution in [0.5, 0.6) is 0 Å². The SMILES string of the molecule is [2H]c1c([2H])c(-n2cc(C([2H])([2H])OC)ccc2=O)c([2H])c([2H])c1Cl. The van der Waals surface area contributed by atoms with Crippen molar-refractivity contribution in [2.45, 2.75) is 6.56 Å². The zero-order chi connectivity index (χ0) is 17.5. The fourth-order valence-electron chi connectivity index (χ4n) is 1.25. The first kappa shape index (κ1) is 6.38. The Kier molecular flexibility index (Phi) is 1.94. The van der Waals surface area contributed by atoms with E-state index in [0.29, 0.717) is 0 Å². The minimum Gasteiger partial charge on any atom is -0.380 e. The van der Waals surface area contributed by atoms with E-state index in [2.05, 4.69) is 0 Å². The van der Waals surface area contributed by atoms with E-state index in [4.69, 9.17) is 24.6 Å². The third-order valence-corrected chi connectivity index (χ3v) is 2.14. The Hall–Kier alpha value is -1.58. The van der Waals surface area contributed by atoms with Crippen molar-refractivity contribution in [1.82, 2.24) is 4.57 Å².